The van der Waals surface area contributed by atoms with Crippen LogP contribution < -0.4 is 10.5 Å². The van der Waals surface area contributed by atoms with Crippen LogP contribution in [0.4, 0.5) is 0 Å². The van der Waals surface area contributed by atoms with E-state index in [0.717, 1.165) is 15.1 Å². The highest BCUT2D eigenvalue weighted by atomic mass is 32.2. The maximum absolute atomic E-state index is 11.5. The molecule has 0 aliphatic heterocycles. The van der Waals surface area contributed by atoms with Crippen molar-refractivity contribution in [1.29, 1.82) is 0 Å². The first-order valence-corrected chi connectivity index (χ1v) is 8.26. The summed E-state index contributed by atoms with van der Waals surface area (Å²) in [6, 6.07) is 8.57. The lowest BCUT2D eigenvalue weighted by Gasteiger charge is -2.06. The SMILES string of the molecule is CNC(=O)c1ccc(-c2ccn(S(N)(=O)=O)c2C)cc1.COC=O. The smallest absolute Gasteiger partial charge is 0.302 e. The topological polar surface area (TPSA) is 120 Å². The van der Waals surface area contributed by atoms with Gasteiger partial charge in [-0.05, 0) is 30.7 Å². The summed E-state index contributed by atoms with van der Waals surface area (Å²) in [7, 11) is -0.919. The molecule has 9 heteroatoms. The molecule has 24 heavy (non-hydrogen) atoms. The van der Waals surface area contributed by atoms with Crippen LogP contribution in [0.15, 0.2) is 36.5 Å². The van der Waals surface area contributed by atoms with Crippen LogP contribution in [0.1, 0.15) is 16.1 Å². The van der Waals surface area contributed by atoms with Crippen molar-refractivity contribution in [2.45, 2.75) is 6.92 Å². The second-order valence-corrected chi connectivity index (χ2v) is 6.07. The molecule has 0 spiro atoms. The van der Waals surface area contributed by atoms with E-state index in [9.17, 15) is 13.2 Å². The van der Waals surface area contributed by atoms with Crippen LogP contribution in [-0.4, -0.2) is 38.9 Å². The summed E-state index contributed by atoms with van der Waals surface area (Å²) in [5.41, 5.74) is 2.64. The van der Waals surface area contributed by atoms with Gasteiger partial charge in [-0.2, -0.15) is 8.42 Å². The Balaban J connectivity index is 0.000000648. The lowest BCUT2D eigenvalue weighted by atomic mass is 10.0. The molecular weight excluding hydrogens is 334 g/mol. The predicted molar refractivity (Wildman–Crippen MR) is 89.6 cm³/mol. The first kappa shape index (κ1) is 19.4. The summed E-state index contributed by atoms with van der Waals surface area (Å²) < 4.78 is 27.6. The van der Waals surface area contributed by atoms with Gasteiger partial charge in [0.25, 0.3) is 12.4 Å². The van der Waals surface area contributed by atoms with E-state index in [-0.39, 0.29) is 5.91 Å². The molecule has 0 fully saturated rings. The van der Waals surface area contributed by atoms with E-state index in [1.807, 2.05) is 0 Å². The van der Waals surface area contributed by atoms with Gasteiger partial charge in [-0.15, -0.1) is 0 Å². The summed E-state index contributed by atoms with van der Waals surface area (Å²) in [6.07, 6.45) is 1.41. The third kappa shape index (κ3) is 4.67. The zero-order chi connectivity index (χ0) is 18.3. The minimum Gasteiger partial charge on any atom is -0.471 e. The molecule has 1 amide bonds. The van der Waals surface area contributed by atoms with Crippen molar-refractivity contribution in [2.75, 3.05) is 14.2 Å². The second kappa shape index (κ2) is 8.27. The normalized spacial score (nSPS) is 10.3. The molecule has 0 aliphatic carbocycles. The number of nitrogens with two attached hydrogens (primary N) is 1. The zero-order valence-electron chi connectivity index (χ0n) is 13.5. The maximum atomic E-state index is 11.5. The number of carbonyl (C=O) groups is 2. The number of carbonyl (C=O) groups excluding carboxylic acids is 2. The summed E-state index contributed by atoms with van der Waals surface area (Å²) >= 11 is 0. The van der Waals surface area contributed by atoms with E-state index in [1.165, 1.54) is 13.3 Å². The van der Waals surface area contributed by atoms with Gasteiger partial charge >= 0.3 is 10.2 Å². The first-order chi connectivity index (χ1) is 11.3. The largest absolute Gasteiger partial charge is 0.471 e. The number of amides is 1. The van der Waals surface area contributed by atoms with Gasteiger partial charge in [0.1, 0.15) is 0 Å². The second-order valence-electron chi connectivity index (χ2n) is 4.64. The lowest BCUT2D eigenvalue weighted by molar-refractivity contribution is -0.126. The number of nitrogens with zero attached hydrogens (tertiary/aromatic N) is 1. The van der Waals surface area contributed by atoms with Gasteiger partial charge in [0.15, 0.2) is 0 Å². The average molecular weight is 353 g/mol. The molecule has 3 N–H and O–H groups in total. The molecule has 0 aliphatic rings. The van der Waals surface area contributed by atoms with E-state index in [0.29, 0.717) is 17.7 Å². The van der Waals surface area contributed by atoms with E-state index in [4.69, 9.17) is 9.93 Å². The lowest BCUT2D eigenvalue weighted by Crippen LogP contribution is -2.21. The molecule has 0 saturated heterocycles. The van der Waals surface area contributed by atoms with Gasteiger partial charge in [-0.3, -0.25) is 9.59 Å². The number of aromatic nitrogens is 1. The Morgan fingerprint density at radius 3 is 2.17 bits per heavy atom. The Kier molecular flexibility index (Phi) is 6.69. The molecule has 2 rings (SSSR count). The van der Waals surface area contributed by atoms with Crippen LogP contribution in [0.2, 0.25) is 0 Å². The number of nitrogens with one attached hydrogen (secondary N) is 1. The van der Waals surface area contributed by atoms with Crippen molar-refractivity contribution >= 4 is 22.6 Å². The van der Waals surface area contributed by atoms with Crippen molar-refractivity contribution in [3.05, 3.63) is 47.8 Å². The predicted octanol–water partition coefficient (Wildman–Crippen LogP) is 0.664. The monoisotopic (exact) mass is 353 g/mol. The van der Waals surface area contributed by atoms with E-state index < -0.39 is 10.2 Å². The van der Waals surface area contributed by atoms with Crippen LogP contribution in [-0.2, 0) is 19.7 Å². The van der Waals surface area contributed by atoms with Crippen LogP contribution in [0.25, 0.3) is 11.1 Å². The summed E-state index contributed by atoms with van der Waals surface area (Å²) in [6.45, 7) is 2.05. The maximum Gasteiger partial charge on any atom is 0.302 e. The summed E-state index contributed by atoms with van der Waals surface area (Å²) in [5.74, 6) is -0.171. The highest BCUT2D eigenvalue weighted by molar-refractivity contribution is 7.87. The average Bonchev–Trinajstić information content (AvgIpc) is 2.96. The molecule has 0 bridgehead atoms. The Morgan fingerprint density at radius 1 is 1.25 bits per heavy atom. The third-order valence-corrected chi connectivity index (χ3v) is 4.10. The fourth-order valence-corrected chi connectivity index (χ4v) is 2.73. The third-order valence-electron chi connectivity index (χ3n) is 3.15. The van der Waals surface area contributed by atoms with Crippen molar-refractivity contribution in [1.82, 2.24) is 9.29 Å². The molecule has 130 valence electrons. The Morgan fingerprint density at radius 2 is 1.79 bits per heavy atom. The highest BCUT2D eigenvalue weighted by Gasteiger charge is 2.14. The van der Waals surface area contributed by atoms with Gasteiger partial charge in [0, 0.05) is 30.1 Å². The number of benzene rings is 1. The van der Waals surface area contributed by atoms with Gasteiger partial charge in [-0.25, -0.2) is 9.11 Å². The molecule has 1 heterocycles. The van der Waals surface area contributed by atoms with Crippen LogP contribution in [0, 0.1) is 6.92 Å². The number of ether oxygens (including phenoxy) is 1. The van der Waals surface area contributed by atoms with Crippen molar-refractivity contribution in [3.8, 4) is 11.1 Å². The molecule has 1 aromatic carbocycles. The minimum absolute atomic E-state index is 0.171. The van der Waals surface area contributed by atoms with Crippen molar-refractivity contribution < 1.29 is 22.7 Å². The molecule has 0 unspecified atom stereocenters. The highest BCUT2D eigenvalue weighted by Crippen LogP contribution is 2.25. The zero-order valence-corrected chi connectivity index (χ0v) is 14.3. The van der Waals surface area contributed by atoms with Crippen LogP contribution in [0.3, 0.4) is 0 Å². The Hall–Kier alpha value is -2.65. The molecule has 8 nitrogen and oxygen atoms in total. The van der Waals surface area contributed by atoms with Crippen molar-refractivity contribution in [3.63, 3.8) is 0 Å². The molecule has 2 aromatic rings. The van der Waals surface area contributed by atoms with Gasteiger partial charge in [-0.1, -0.05) is 12.1 Å². The standard InChI is InChI=1S/C13H15N3O3S.C2H4O2/c1-9-12(7-8-16(9)20(14,18)19)10-3-5-11(6-4-10)13(17)15-2;1-4-2-3/h3-8H,1-2H3,(H,15,17)(H2,14,18,19);2H,1H3. The fourth-order valence-electron chi connectivity index (χ4n) is 2.02. The molecule has 0 radical (unpaired) electrons. The molecule has 0 saturated carbocycles. The van der Waals surface area contributed by atoms with Crippen molar-refractivity contribution in [2.24, 2.45) is 5.14 Å². The number of rotatable bonds is 4. The minimum atomic E-state index is -3.79. The van der Waals surface area contributed by atoms with Crippen LogP contribution in [0.5, 0.6) is 0 Å². The van der Waals surface area contributed by atoms with Gasteiger partial charge in [0.05, 0.1) is 7.11 Å². The molecule has 0 atom stereocenters. The molecular formula is C15H19N3O5S. The fraction of sp³-hybridized carbons (Fsp3) is 0.200. The van der Waals surface area contributed by atoms with Gasteiger partial charge in [0.2, 0.25) is 0 Å². The number of hydrogen-bond donors (Lipinski definition) is 2. The van der Waals surface area contributed by atoms with Crippen LogP contribution >= 0.6 is 0 Å². The summed E-state index contributed by atoms with van der Waals surface area (Å²) in [5, 5.41) is 7.65. The Bertz CT molecular complexity index is 810. The Labute approximate surface area is 140 Å². The first-order valence-electron chi connectivity index (χ1n) is 6.76. The number of methoxy groups -OCH3 is 1. The quantitative estimate of drug-likeness (QED) is 0.783. The van der Waals surface area contributed by atoms with E-state index in [1.54, 1.807) is 44.3 Å². The van der Waals surface area contributed by atoms with Gasteiger partial charge < -0.3 is 10.1 Å². The van der Waals surface area contributed by atoms with E-state index >= 15 is 0 Å². The molecule has 1 aromatic heterocycles. The van der Waals surface area contributed by atoms with E-state index in [2.05, 4.69) is 10.1 Å². The summed E-state index contributed by atoms with van der Waals surface area (Å²) in [4.78, 5) is 20.4. The number of hydrogen-bond acceptors (Lipinski definition) is 5.